The number of unbranched alkanes of at least 4 members (excludes halogenated alkanes) is 9. The topological polar surface area (TPSA) is 25.4 Å². The van der Waals surface area contributed by atoms with Gasteiger partial charge in [0.25, 0.3) is 0 Å². The molecule has 138 valence electrons. The molecule has 0 N–H and O–H groups in total. The number of hydrogen-bond donors (Lipinski definition) is 0. The van der Waals surface area contributed by atoms with Gasteiger partial charge in [0.2, 0.25) is 0 Å². The van der Waals surface area contributed by atoms with E-state index in [1.165, 1.54) is 76.2 Å². The minimum Gasteiger partial charge on any atom is -0.303 e. The number of rotatable bonds is 15. The van der Waals surface area contributed by atoms with Gasteiger partial charge in [-0.1, -0.05) is 70.8 Å². The molecular weight excluding hydrogens is 296 g/mol. The molecule has 1 unspecified atom stereocenters. The zero-order chi connectivity index (χ0) is 17.5. The Labute approximate surface area is 149 Å². The number of pyridine rings is 1. The molecule has 0 saturated heterocycles. The zero-order valence-corrected chi connectivity index (χ0v) is 16.2. The maximum atomic E-state index is 5.11. The van der Waals surface area contributed by atoms with Crippen molar-refractivity contribution in [2.45, 2.75) is 83.5 Å². The average molecular weight is 335 g/mol. The first-order valence-corrected chi connectivity index (χ1v) is 9.89. The van der Waals surface area contributed by atoms with Gasteiger partial charge < -0.3 is 4.84 Å². The monoisotopic (exact) mass is 334 g/mol. The molecule has 0 saturated carbocycles. The Kier molecular flexibility index (Phi) is 12.7. The lowest BCUT2D eigenvalue weighted by atomic mass is 9.96. The van der Waals surface area contributed by atoms with E-state index in [2.05, 4.69) is 18.0 Å². The summed E-state index contributed by atoms with van der Waals surface area (Å²) in [6.07, 6.45) is 18.9. The van der Waals surface area contributed by atoms with Crippen LogP contribution in [0.2, 0.25) is 0 Å². The molecule has 1 heterocycles. The molecular formula is C21H38N2O. The van der Waals surface area contributed by atoms with Crippen molar-refractivity contribution < 1.29 is 4.84 Å². The van der Waals surface area contributed by atoms with Gasteiger partial charge in [0.1, 0.15) is 0 Å². The Morgan fingerprint density at radius 3 is 2.08 bits per heavy atom. The molecule has 0 aliphatic rings. The fraction of sp³-hybridized carbons (Fsp3) is 0.762. The van der Waals surface area contributed by atoms with Gasteiger partial charge in [0.05, 0.1) is 7.11 Å². The minimum absolute atomic E-state index is 0.649. The van der Waals surface area contributed by atoms with Crippen molar-refractivity contribution in [3.8, 4) is 0 Å². The third-order valence-corrected chi connectivity index (χ3v) is 4.93. The first-order chi connectivity index (χ1) is 11.7. The summed E-state index contributed by atoms with van der Waals surface area (Å²) in [5, 5.41) is 1.91. The molecule has 0 aromatic carbocycles. The summed E-state index contributed by atoms with van der Waals surface area (Å²) in [6, 6.07) is 4.24. The van der Waals surface area contributed by atoms with Gasteiger partial charge in [-0.2, -0.15) is 5.06 Å². The smallest absolute Gasteiger partial charge is 0.0575 e. The molecule has 0 amide bonds. The van der Waals surface area contributed by atoms with Crippen molar-refractivity contribution in [1.82, 2.24) is 10.0 Å². The molecule has 1 rings (SSSR count). The number of hydroxylamine groups is 2. The predicted octanol–water partition coefficient (Wildman–Crippen LogP) is 5.97. The van der Waals surface area contributed by atoms with Gasteiger partial charge >= 0.3 is 0 Å². The average Bonchev–Trinajstić information content (AvgIpc) is 2.62. The Bertz CT molecular complexity index is 383. The van der Waals surface area contributed by atoms with E-state index in [1.807, 2.05) is 30.6 Å². The molecule has 24 heavy (non-hydrogen) atoms. The largest absolute Gasteiger partial charge is 0.303 e. The molecule has 1 aromatic heterocycles. The van der Waals surface area contributed by atoms with Crippen LogP contribution in [0.5, 0.6) is 0 Å². The molecule has 0 spiro atoms. The second-order valence-electron chi connectivity index (χ2n) is 7.05. The van der Waals surface area contributed by atoms with Crippen LogP contribution in [-0.4, -0.2) is 30.7 Å². The highest BCUT2D eigenvalue weighted by Gasteiger charge is 2.04. The summed E-state index contributed by atoms with van der Waals surface area (Å²) in [5.74, 6) is 0.649. The van der Waals surface area contributed by atoms with Gasteiger partial charge in [-0.05, 0) is 30.4 Å². The van der Waals surface area contributed by atoms with Gasteiger partial charge in [-0.15, -0.1) is 0 Å². The highest BCUT2D eigenvalue weighted by molar-refractivity contribution is 5.13. The van der Waals surface area contributed by atoms with E-state index in [0.29, 0.717) is 5.92 Å². The van der Waals surface area contributed by atoms with Crippen molar-refractivity contribution in [2.75, 3.05) is 20.7 Å². The lowest BCUT2D eigenvalue weighted by molar-refractivity contribution is -0.109. The Morgan fingerprint density at radius 1 is 0.958 bits per heavy atom. The van der Waals surface area contributed by atoms with Crippen LogP contribution < -0.4 is 0 Å². The van der Waals surface area contributed by atoms with E-state index in [1.54, 1.807) is 7.11 Å². The summed E-state index contributed by atoms with van der Waals surface area (Å²) in [6.45, 7) is 3.37. The van der Waals surface area contributed by atoms with Crippen molar-refractivity contribution in [2.24, 2.45) is 0 Å². The van der Waals surface area contributed by atoms with Gasteiger partial charge in [-0.25, -0.2) is 0 Å². The van der Waals surface area contributed by atoms with Crippen LogP contribution in [0.15, 0.2) is 24.5 Å². The van der Waals surface area contributed by atoms with Crippen LogP contribution >= 0.6 is 0 Å². The van der Waals surface area contributed by atoms with E-state index >= 15 is 0 Å². The van der Waals surface area contributed by atoms with E-state index in [0.717, 1.165) is 6.54 Å². The first-order valence-electron chi connectivity index (χ1n) is 9.89. The summed E-state index contributed by atoms with van der Waals surface area (Å²) in [5.41, 5.74) is 1.38. The minimum atomic E-state index is 0.649. The maximum absolute atomic E-state index is 5.11. The first kappa shape index (κ1) is 21.1. The SMILES string of the molecule is CON(C)CCCCCCCCCCCCC(C)c1cccnc1. The zero-order valence-electron chi connectivity index (χ0n) is 16.2. The fourth-order valence-corrected chi connectivity index (χ4v) is 3.12. The van der Waals surface area contributed by atoms with Crippen LogP contribution in [0.3, 0.4) is 0 Å². The van der Waals surface area contributed by atoms with Crippen LogP contribution in [0.1, 0.15) is 89.0 Å². The van der Waals surface area contributed by atoms with Crippen LogP contribution in [0.25, 0.3) is 0 Å². The molecule has 1 atom stereocenters. The lowest BCUT2D eigenvalue weighted by Gasteiger charge is -2.12. The number of nitrogens with zero attached hydrogens (tertiary/aromatic N) is 2. The van der Waals surface area contributed by atoms with Crippen LogP contribution in [-0.2, 0) is 4.84 Å². The van der Waals surface area contributed by atoms with Crippen LogP contribution in [0.4, 0.5) is 0 Å². The molecule has 0 aliphatic heterocycles. The summed E-state index contributed by atoms with van der Waals surface area (Å²) in [7, 11) is 3.73. The Hall–Kier alpha value is -0.930. The van der Waals surface area contributed by atoms with E-state index in [4.69, 9.17) is 4.84 Å². The molecule has 0 radical (unpaired) electrons. The molecule has 3 nitrogen and oxygen atoms in total. The second kappa shape index (κ2) is 14.4. The maximum Gasteiger partial charge on any atom is 0.0575 e. The third kappa shape index (κ3) is 10.8. The molecule has 0 bridgehead atoms. The predicted molar refractivity (Wildman–Crippen MR) is 103 cm³/mol. The molecule has 1 aromatic rings. The van der Waals surface area contributed by atoms with E-state index in [9.17, 15) is 0 Å². The lowest BCUT2D eigenvalue weighted by Crippen LogP contribution is -2.17. The van der Waals surface area contributed by atoms with Gasteiger partial charge in [-0.3, -0.25) is 4.98 Å². The third-order valence-electron chi connectivity index (χ3n) is 4.93. The quantitative estimate of drug-likeness (QED) is 0.292. The van der Waals surface area contributed by atoms with Crippen molar-refractivity contribution in [3.05, 3.63) is 30.1 Å². The van der Waals surface area contributed by atoms with Crippen molar-refractivity contribution in [1.29, 1.82) is 0 Å². The standard InChI is InChI=1S/C21H38N2O/c1-20(21-16-14-17-22-19-21)15-12-10-8-6-4-5-7-9-11-13-18-23(2)24-3/h14,16-17,19-20H,4-13,15,18H2,1-3H3. The van der Waals surface area contributed by atoms with E-state index < -0.39 is 0 Å². The molecule has 0 fully saturated rings. The summed E-state index contributed by atoms with van der Waals surface area (Å²) in [4.78, 5) is 9.33. The van der Waals surface area contributed by atoms with Crippen LogP contribution in [0, 0.1) is 0 Å². The fourth-order valence-electron chi connectivity index (χ4n) is 3.12. The Morgan fingerprint density at radius 2 is 1.54 bits per heavy atom. The highest BCUT2D eigenvalue weighted by Crippen LogP contribution is 2.21. The summed E-state index contributed by atoms with van der Waals surface area (Å²) < 4.78 is 0. The normalized spacial score (nSPS) is 12.7. The number of hydrogen-bond acceptors (Lipinski definition) is 3. The van der Waals surface area contributed by atoms with Crippen molar-refractivity contribution >= 4 is 0 Å². The second-order valence-corrected chi connectivity index (χ2v) is 7.05. The highest BCUT2D eigenvalue weighted by atomic mass is 16.7. The van der Waals surface area contributed by atoms with Crippen molar-refractivity contribution in [3.63, 3.8) is 0 Å². The molecule has 3 heteroatoms. The van der Waals surface area contributed by atoms with E-state index in [-0.39, 0.29) is 0 Å². The Balaban J connectivity index is 1.82. The number of aromatic nitrogens is 1. The summed E-state index contributed by atoms with van der Waals surface area (Å²) >= 11 is 0. The molecule has 0 aliphatic carbocycles. The van der Waals surface area contributed by atoms with Gasteiger partial charge in [0.15, 0.2) is 0 Å². The van der Waals surface area contributed by atoms with Gasteiger partial charge in [0, 0.05) is 26.0 Å².